The molecule has 0 aliphatic rings. The minimum absolute atomic E-state index is 1.23. The summed E-state index contributed by atoms with van der Waals surface area (Å²) in [6.45, 7) is 2.18. The van der Waals surface area contributed by atoms with Crippen LogP contribution in [0.2, 0.25) is 0 Å². The molecule has 0 unspecified atom stereocenters. The fourth-order valence-electron chi connectivity index (χ4n) is 0.333. The Morgan fingerprint density at radius 1 is 1.67 bits per heavy atom. The molecule has 0 nitrogen and oxygen atoms in total. The van der Waals surface area contributed by atoms with E-state index in [-0.39, 0.29) is 0 Å². The predicted octanol–water partition coefficient (Wildman–Crippen LogP) is 1.47. The van der Waals surface area contributed by atoms with Gasteiger partial charge >= 0.3 is 48.3 Å². The normalized spacial score (nSPS) is 10.5. The number of rotatable bonds is 2. The molecule has 0 aromatic heterocycles. The van der Waals surface area contributed by atoms with Gasteiger partial charge in [-0.3, -0.25) is 0 Å². The molecule has 0 rings (SSSR count). The zero-order valence-electron chi connectivity index (χ0n) is 4.57. The molecule has 0 atom stereocenters. The SMILES string of the molecule is [Li]/[CH]=C/CCC. The van der Waals surface area contributed by atoms with Gasteiger partial charge in [-0.05, 0) is 0 Å². The van der Waals surface area contributed by atoms with Crippen LogP contribution in [-0.4, -0.2) is 17.7 Å². The summed E-state index contributed by atoms with van der Waals surface area (Å²) in [7, 11) is 0. The topological polar surface area (TPSA) is 0 Å². The molecular formula is C5H9Li. The van der Waals surface area contributed by atoms with Crippen molar-refractivity contribution in [2.75, 3.05) is 0 Å². The van der Waals surface area contributed by atoms with Crippen molar-refractivity contribution in [1.29, 1.82) is 0 Å². The van der Waals surface area contributed by atoms with Gasteiger partial charge < -0.3 is 0 Å². The molecule has 0 saturated carbocycles. The molecule has 0 aromatic carbocycles. The summed E-state index contributed by atoms with van der Waals surface area (Å²) in [5, 5.41) is 0. The van der Waals surface area contributed by atoms with Gasteiger partial charge in [-0.2, -0.15) is 0 Å². The van der Waals surface area contributed by atoms with Crippen molar-refractivity contribution in [1.82, 2.24) is 0 Å². The summed E-state index contributed by atoms with van der Waals surface area (Å²) in [6.07, 6.45) is 4.68. The molecule has 30 valence electrons. The van der Waals surface area contributed by atoms with Gasteiger partial charge in [0.15, 0.2) is 0 Å². The van der Waals surface area contributed by atoms with Gasteiger partial charge in [0.1, 0.15) is 0 Å². The fraction of sp³-hybridized carbons (Fsp3) is 0.600. The molecule has 0 N–H and O–H groups in total. The Bertz CT molecular complexity index is 39.2. The van der Waals surface area contributed by atoms with E-state index >= 15 is 0 Å². The first-order valence-electron chi connectivity index (χ1n) is 2.53. The Kier molecular flexibility index (Phi) is 5.64. The Morgan fingerprint density at radius 3 is 2.50 bits per heavy atom. The molecule has 1 heteroatoms. The fourth-order valence-corrected chi connectivity index (χ4v) is 0.333. The van der Waals surface area contributed by atoms with Crippen LogP contribution in [0.25, 0.3) is 0 Å². The molecule has 0 saturated heterocycles. The van der Waals surface area contributed by atoms with E-state index in [1.807, 2.05) is 0 Å². The standard InChI is InChI=1S/C5H9.Li/c1-3-5-4-2;/h1,3H,4-5H2,2H3;. The number of hydrogen-bond acceptors (Lipinski definition) is 0. The van der Waals surface area contributed by atoms with Crippen LogP contribution >= 0.6 is 0 Å². The molecule has 0 aromatic rings. The Labute approximate surface area is 48.8 Å². The van der Waals surface area contributed by atoms with Crippen molar-refractivity contribution in [3.8, 4) is 0 Å². The van der Waals surface area contributed by atoms with E-state index in [0.717, 1.165) is 0 Å². The first-order chi connectivity index (χ1) is 2.91. The van der Waals surface area contributed by atoms with E-state index in [0.29, 0.717) is 0 Å². The molecule has 0 aliphatic heterocycles. The molecule has 0 heterocycles. The molecule has 6 heavy (non-hydrogen) atoms. The van der Waals surface area contributed by atoms with E-state index in [1.165, 1.54) is 12.8 Å². The van der Waals surface area contributed by atoms with Crippen LogP contribution in [0.1, 0.15) is 19.8 Å². The third-order valence-electron chi connectivity index (χ3n) is 0.691. The zero-order chi connectivity index (χ0) is 4.83. The van der Waals surface area contributed by atoms with Crippen molar-refractivity contribution in [2.45, 2.75) is 19.8 Å². The van der Waals surface area contributed by atoms with Crippen LogP contribution in [0.15, 0.2) is 10.8 Å². The predicted molar refractivity (Wildman–Crippen MR) is 29.8 cm³/mol. The molecule has 0 bridgehead atoms. The van der Waals surface area contributed by atoms with E-state index < -0.39 is 0 Å². The van der Waals surface area contributed by atoms with Crippen molar-refractivity contribution < 1.29 is 0 Å². The zero-order valence-corrected chi connectivity index (χ0v) is 4.57. The van der Waals surface area contributed by atoms with Crippen LogP contribution < -0.4 is 0 Å². The Hall–Kier alpha value is 0.337. The molecule has 0 fully saturated rings. The summed E-state index contributed by atoms with van der Waals surface area (Å²) >= 11 is 2.05. The van der Waals surface area contributed by atoms with E-state index in [1.54, 1.807) is 0 Å². The second kappa shape index (κ2) is 5.34. The van der Waals surface area contributed by atoms with E-state index in [9.17, 15) is 0 Å². The minimum atomic E-state index is 1.23. The first-order valence-corrected chi connectivity index (χ1v) is 2.53. The maximum absolute atomic E-state index is 2.18. The number of unbranched alkanes of at least 4 members (excludes halogenated alkanes) is 1. The van der Waals surface area contributed by atoms with E-state index in [4.69, 9.17) is 0 Å². The van der Waals surface area contributed by atoms with E-state index in [2.05, 4.69) is 35.5 Å². The third-order valence-corrected chi connectivity index (χ3v) is 0.691. The second-order valence-electron chi connectivity index (χ2n) is 1.36. The van der Waals surface area contributed by atoms with Gasteiger partial charge in [0.25, 0.3) is 0 Å². The van der Waals surface area contributed by atoms with Crippen LogP contribution in [0.5, 0.6) is 0 Å². The van der Waals surface area contributed by atoms with Gasteiger partial charge in [-0.25, -0.2) is 0 Å². The van der Waals surface area contributed by atoms with Crippen molar-refractivity contribution >= 4 is 17.7 Å². The van der Waals surface area contributed by atoms with Gasteiger partial charge in [0.2, 0.25) is 0 Å². The van der Waals surface area contributed by atoms with Crippen LogP contribution in [0, 0.1) is 0 Å². The first kappa shape index (κ1) is 6.34. The molecular weight excluding hydrogens is 67.0 g/mol. The van der Waals surface area contributed by atoms with Crippen LogP contribution in [0.4, 0.5) is 0 Å². The summed E-state index contributed by atoms with van der Waals surface area (Å²) < 4.78 is 2.09. The second-order valence-corrected chi connectivity index (χ2v) is 1.36. The van der Waals surface area contributed by atoms with Gasteiger partial charge in [0.05, 0.1) is 0 Å². The average molecular weight is 76.1 g/mol. The molecule has 0 amide bonds. The summed E-state index contributed by atoms with van der Waals surface area (Å²) in [4.78, 5) is 0. The van der Waals surface area contributed by atoms with Gasteiger partial charge in [-0.1, -0.05) is 0 Å². The maximum atomic E-state index is 2.18. The van der Waals surface area contributed by atoms with Crippen molar-refractivity contribution in [3.05, 3.63) is 10.8 Å². The van der Waals surface area contributed by atoms with Crippen LogP contribution in [-0.2, 0) is 0 Å². The van der Waals surface area contributed by atoms with Gasteiger partial charge in [0, 0.05) is 0 Å². The van der Waals surface area contributed by atoms with Crippen LogP contribution in [0.3, 0.4) is 0 Å². The quantitative estimate of drug-likeness (QED) is 0.437. The molecule has 0 radical (unpaired) electrons. The monoisotopic (exact) mass is 76.1 g/mol. The average Bonchev–Trinajstić information content (AvgIpc) is 1.61. The Balaban J connectivity index is 2.66. The van der Waals surface area contributed by atoms with Crippen molar-refractivity contribution in [2.24, 2.45) is 0 Å². The summed E-state index contributed by atoms with van der Waals surface area (Å²) in [5.41, 5.74) is 0. The number of allylic oxidation sites excluding steroid dienone is 1. The summed E-state index contributed by atoms with van der Waals surface area (Å²) in [6, 6.07) is 0. The Morgan fingerprint density at radius 2 is 2.33 bits per heavy atom. The molecule has 0 aliphatic carbocycles. The number of hydrogen-bond donors (Lipinski definition) is 0. The van der Waals surface area contributed by atoms with Gasteiger partial charge in [-0.15, -0.1) is 0 Å². The third kappa shape index (κ3) is 4.34. The van der Waals surface area contributed by atoms with Crippen molar-refractivity contribution in [3.63, 3.8) is 0 Å². The summed E-state index contributed by atoms with van der Waals surface area (Å²) in [5.74, 6) is 0. The molecule has 0 spiro atoms.